The number of hydrogen-bond donors (Lipinski definition) is 2. The smallest absolute Gasteiger partial charge is 0.243 e. The average Bonchev–Trinajstić information content (AvgIpc) is 3.22. The summed E-state index contributed by atoms with van der Waals surface area (Å²) < 4.78 is 26.4. The molecular formula is C22H27N3O4S2. The van der Waals surface area contributed by atoms with Gasteiger partial charge in [-0.05, 0) is 61.4 Å². The third-order valence-corrected chi connectivity index (χ3v) is 8.16. The molecule has 0 radical (unpaired) electrons. The summed E-state index contributed by atoms with van der Waals surface area (Å²) in [6.07, 6.45) is 5.09. The second kappa shape index (κ2) is 10.3. The third kappa shape index (κ3) is 6.56. The first kappa shape index (κ1) is 23.3. The highest BCUT2D eigenvalue weighted by Gasteiger charge is 2.23. The molecule has 0 heterocycles. The van der Waals surface area contributed by atoms with Crippen LogP contribution in [0.25, 0.3) is 0 Å². The summed E-state index contributed by atoms with van der Waals surface area (Å²) in [7, 11) is -2.48. The zero-order chi connectivity index (χ0) is 22.4. The Balaban J connectivity index is 1.55. The van der Waals surface area contributed by atoms with Crippen molar-refractivity contribution < 1.29 is 18.0 Å². The highest BCUT2D eigenvalue weighted by molar-refractivity contribution is 8.00. The van der Waals surface area contributed by atoms with Crippen LogP contribution in [0.5, 0.6) is 0 Å². The van der Waals surface area contributed by atoms with E-state index in [9.17, 15) is 18.0 Å². The van der Waals surface area contributed by atoms with Gasteiger partial charge in [0.15, 0.2) is 0 Å². The molecule has 2 N–H and O–H groups in total. The number of hydrogen-bond acceptors (Lipinski definition) is 5. The number of likely N-dealkylation sites (N-methyl/N-ethyl adjacent to an activating group) is 1. The van der Waals surface area contributed by atoms with E-state index in [4.69, 9.17) is 0 Å². The molecule has 7 nitrogen and oxygen atoms in total. The second-order valence-corrected chi connectivity index (χ2v) is 11.0. The van der Waals surface area contributed by atoms with Crippen molar-refractivity contribution in [1.82, 2.24) is 4.31 Å². The number of sulfonamides is 1. The maximum absolute atomic E-state index is 12.7. The van der Waals surface area contributed by atoms with E-state index in [0.717, 1.165) is 4.31 Å². The van der Waals surface area contributed by atoms with Crippen LogP contribution in [-0.4, -0.2) is 43.4 Å². The molecule has 2 aromatic carbocycles. The van der Waals surface area contributed by atoms with Gasteiger partial charge in [0.1, 0.15) is 0 Å². The number of carbonyl (C=O) groups excluding carboxylic acids is 2. The van der Waals surface area contributed by atoms with Crippen molar-refractivity contribution >= 4 is 45.0 Å². The normalized spacial score (nSPS) is 14.5. The molecule has 0 aliphatic heterocycles. The van der Waals surface area contributed by atoms with E-state index in [1.165, 1.54) is 68.8 Å². The van der Waals surface area contributed by atoms with Gasteiger partial charge in [-0.1, -0.05) is 12.8 Å². The fourth-order valence-corrected chi connectivity index (χ4v) is 5.77. The van der Waals surface area contributed by atoms with Crippen LogP contribution in [0.3, 0.4) is 0 Å². The van der Waals surface area contributed by atoms with Crippen LogP contribution in [0.4, 0.5) is 11.4 Å². The molecule has 166 valence electrons. The van der Waals surface area contributed by atoms with Crippen molar-refractivity contribution in [2.24, 2.45) is 0 Å². The molecule has 0 spiro atoms. The van der Waals surface area contributed by atoms with Gasteiger partial charge in [-0.3, -0.25) is 9.59 Å². The summed E-state index contributed by atoms with van der Waals surface area (Å²) in [5.74, 6) is -0.660. The number of nitrogens with zero attached hydrogens (tertiary/aromatic N) is 1. The number of thioether (sulfide) groups is 1. The first-order valence-corrected chi connectivity index (χ1v) is 12.5. The molecule has 31 heavy (non-hydrogen) atoms. The van der Waals surface area contributed by atoms with Crippen LogP contribution in [0, 0.1) is 0 Å². The maximum Gasteiger partial charge on any atom is 0.243 e. The minimum atomic E-state index is -3.84. The first-order chi connectivity index (χ1) is 14.7. The standard InChI is InChI=1S/C22H27N3O4S2/c1-16(26)23-17-9-13-21(14-10-17)31(28,29)25(2)15-22(27)24-18-7-11-20(12-8-18)30-19-5-3-4-6-19/h7-14,19H,3-6,15H2,1-2H3,(H,23,26)(H,24,27). The van der Waals surface area contributed by atoms with Gasteiger partial charge in [-0.2, -0.15) is 4.31 Å². The van der Waals surface area contributed by atoms with Gasteiger partial charge >= 0.3 is 0 Å². The lowest BCUT2D eigenvalue weighted by Crippen LogP contribution is -2.34. The summed E-state index contributed by atoms with van der Waals surface area (Å²) in [5, 5.41) is 6.00. The predicted octanol–water partition coefficient (Wildman–Crippen LogP) is 3.94. The Morgan fingerprint density at radius 2 is 1.52 bits per heavy atom. The minimum absolute atomic E-state index is 0.0465. The largest absolute Gasteiger partial charge is 0.326 e. The average molecular weight is 462 g/mol. The Hall–Kier alpha value is -2.36. The Morgan fingerprint density at radius 3 is 2.10 bits per heavy atom. The lowest BCUT2D eigenvalue weighted by molar-refractivity contribution is -0.116. The minimum Gasteiger partial charge on any atom is -0.326 e. The van der Waals surface area contributed by atoms with Gasteiger partial charge in [0.25, 0.3) is 0 Å². The van der Waals surface area contributed by atoms with E-state index in [1.807, 2.05) is 36.0 Å². The highest BCUT2D eigenvalue weighted by atomic mass is 32.2. The molecule has 1 aliphatic carbocycles. The Labute approximate surface area is 187 Å². The number of carbonyl (C=O) groups is 2. The van der Waals surface area contributed by atoms with E-state index in [2.05, 4.69) is 10.6 Å². The van der Waals surface area contributed by atoms with Crippen LogP contribution in [-0.2, 0) is 19.6 Å². The van der Waals surface area contributed by atoms with Gasteiger partial charge in [-0.25, -0.2) is 8.42 Å². The number of rotatable bonds is 8. The Morgan fingerprint density at radius 1 is 0.968 bits per heavy atom. The SMILES string of the molecule is CC(=O)Nc1ccc(S(=O)(=O)N(C)CC(=O)Nc2ccc(SC3CCCC3)cc2)cc1. The quantitative estimate of drug-likeness (QED) is 0.621. The Kier molecular flexibility index (Phi) is 7.74. The molecule has 2 aromatic rings. The topological polar surface area (TPSA) is 95.6 Å². The molecule has 1 fully saturated rings. The second-order valence-electron chi connectivity index (χ2n) is 7.56. The van der Waals surface area contributed by atoms with Crippen LogP contribution in [0.15, 0.2) is 58.3 Å². The number of benzene rings is 2. The molecule has 0 saturated heterocycles. The van der Waals surface area contributed by atoms with Gasteiger partial charge in [0, 0.05) is 35.5 Å². The van der Waals surface area contributed by atoms with Crippen LogP contribution < -0.4 is 10.6 Å². The van der Waals surface area contributed by atoms with Gasteiger partial charge in [-0.15, -0.1) is 11.8 Å². The maximum atomic E-state index is 12.7. The van der Waals surface area contributed by atoms with E-state index < -0.39 is 15.9 Å². The van der Waals surface area contributed by atoms with Crippen molar-refractivity contribution in [3.05, 3.63) is 48.5 Å². The summed E-state index contributed by atoms with van der Waals surface area (Å²) in [6, 6.07) is 13.5. The molecule has 0 bridgehead atoms. The lowest BCUT2D eigenvalue weighted by Gasteiger charge is -2.17. The summed E-state index contributed by atoms with van der Waals surface area (Å²) in [5.41, 5.74) is 1.13. The van der Waals surface area contributed by atoms with Crippen molar-refractivity contribution in [2.45, 2.75) is 47.6 Å². The third-order valence-electron chi connectivity index (χ3n) is 4.99. The van der Waals surface area contributed by atoms with E-state index in [1.54, 1.807) is 0 Å². The lowest BCUT2D eigenvalue weighted by atomic mass is 10.3. The monoisotopic (exact) mass is 461 g/mol. The van der Waals surface area contributed by atoms with Gasteiger partial charge in [0.05, 0.1) is 11.4 Å². The van der Waals surface area contributed by atoms with E-state index >= 15 is 0 Å². The van der Waals surface area contributed by atoms with E-state index in [-0.39, 0.29) is 17.3 Å². The van der Waals surface area contributed by atoms with Crippen LogP contribution in [0.2, 0.25) is 0 Å². The summed E-state index contributed by atoms with van der Waals surface area (Å²) in [6.45, 7) is 1.06. The van der Waals surface area contributed by atoms with Gasteiger partial charge < -0.3 is 10.6 Å². The molecule has 0 aromatic heterocycles. The Bertz CT molecular complexity index is 1020. The summed E-state index contributed by atoms with van der Waals surface area (Å²) in [4.78, 5) is 24.7. The fourth-order valence-electron chi connectivity index (χ4n) is 3.40. The predicted molar refractivity (Wildman–Crippen MR) is 124 cm³/mol. The molecule has 9 heteroatoms. The molecule has 1 saturated carbocycles. The van der Waals surface area contributed by atoms with Crippen molar-refractivity contribution in [2.75, 3.05) is 24.2 Å². The van der Waals surface area contributed by atoms with E-state index in [0.29, 0.717) is 16.6 Å². The number of amides is 2. The number of anilines is 2. The first-order valence-electron chi connectivity index (χ1n) is 10.1. The van der Waals surface area contributed by atoms with Crippen LogP contribution in [0.1, 0.15) is 32.6 Å². The molecule has 3 rings (SSSR count). The van der Waals surface area contributed by atoms with Crippen molar-refractivity contribution in [1.29, 1.82) is 0 Å². The molecule has 2 amide bonds. The number of nitrogens with one attached hydrogen (secondary N) is 2. The fraction of sp³-hybridized carbons (Fsp3) is 0.364. The molecule has 0 unspecified atom stereocenters. The highest BCUT2D eigenvalue weighted by Crippen LogP contribution is 2.34. The molecule has 0 atom stereocenters. The van der Waals surface area contributed by atoms with Gasteiger partial charge in [0.2, 0.25) is 21.8 Å². The zero-order valence-corrected chi connectivity index (χ0v) is 19.3. The van der Waals surface area contributed by atoms with Crippen molar-refractivity contribution in [3.63, 3.8) is 0 Å². The zero-order valence-electron chi connectivity index (χ0n) is 17.6. The molecular weight excluding hydrogens is 434 g/mol. The molecule has 1 aliphatic rings. The summed E-state index contributed by atoms with van der Waals surface area (Å²) >= 11 is 1.87. The van der Waals surface area contributed by atoms with Crippen LogP contribution >= 0.6 is 11.8 Å². The van der Waals surface area contributed by atoms with Crippen molar-refractivity contribution in [3.8, 4) is 0 Å².